The maximum absolute atomic E-state index is 10.8. The molecule has 0 saturated heterocycles. The number of ether oxygens (including phenoxy) is 1. The van der Waals surface area contributed by atoms with E-state index in [9.17, 15) is 10.1 Å². The Morgan fingerprint density at radius 1 is 1.41 bits per heavy atom. The van der Waals surface area contributed by atoms with Gasteiger partial charge >= 0.3 is 0 Å². The molecule has 0 saturated carbocycles. The fraction of sp³-hybridized carbons (Fsp3) is 0.333. The van der Waals surface area contributed by atoms with Gasteiger partial charge in [-0.05, 0) is 11.6 Å². The minimum atomic E-state index is -0.322. The predicted molar refractivity (Wildman–Crippen MR) is 62.4 cm³/mol. The van der Waals surface area contributed by atoms with Crippen molar-refractivity contribution in [3.8, 4) is 5.75 Å². The molecule has 0 bridgehead atoms. The summed E-state index contributed by atoms with van der Waals surface area (Å²) in [5.41, 5.74) is 2.02. The minimum absolute atomic E-state index is 0. The van der Waals surface area contributed by atoms with Gasteiger partial charge in [0.1, 0.15) is 5.75 Å². The van der Waals surface area contributed by atoms with Crippen LogP contribution in [0, 0.1) is 24.0 Å². The average molecular weight is 310 g/mol. The molecule has 0 fully saturated rings. The molecule has 1 aromatic rings. The molecule has 0 aliphatic heterocycles. The standard InChI is InChI=1S/C11H12NO3.CH3.Y/c1-15-11-7-6-10(12(13)14)8-4-2-3-5-9(8)11;;/h2,6-7H,3-5H2,1H3;1H3;/q2*-1;. The molecule has 1 aliphatic carbocycles. The molecule has 2 rings (SSSR count). The SMILES string of the molecule is COc1ccc([N+](=O)[O-])c2c1CC[CH-]C2.[CH3-].[Y]. The van der Waals surface area contributed by atoms with Crippen molar-refractivity contribution in [3.05, 3.63) is 47.2 Å². The molecule has 0 amide bonds. The first-order valence-electron chi connectivity index (χ1n) is 4.89. The molecule has 1 aliphatic rings. The molecule has 0 spiro atoms. The largest absolute Gasteiger partial charge is 0.496 e. The maximum atomic E-state index is 10.8. The number of nitro benzene ring substituents is 1. The Bertz CT molecular complexity index is 407. The Morgan fingerprint density at radius 3 is 2.71 bits per heavy atom. The predicted octanol–water partition coefficient (Wildman–Crippen LogP) is 2.74. The van der Waals surface area contributed by atoms with Crippen LogP contribution in [0.15, 0.2) is 12.1 Å². The van der Waals surface area contributed by atoms with E-state index >= 15 is 0 Å². The van der Waals surface area contributed by atoms with Crippen molar-refractivity contribution in [1.82, 2.24) is 0 Å². The molecule has 17 heavy (non-hydrogen) atoms. The van der Waals surface area contributed by atoms with E-state index < -0.39 is 0 Å². The smallest absolute Gasteiger partial charge is 0.270 e. The number of benzene rings is 1. The number of nitro groups is 1. The van der Waals surface area contributed by atoms with Gasteiger partial charge in [-0.15, -0.1) is 6.42 Å². The Kier molecular flexibility index (Phi) is 6.87. The molecule has 0 heterocycles. The Balaban J connectivity index is 0.00000128. The molecule has 4 nitrogen and oxygen atoms in total. The number of hydrogen-bond donors (Lipinski definition) is 0. The molecular formula is C12H15NO3Y-2. The van der Waals surface area contributed by atoms with Crippen LogP contribution in [0.3, 0.4) is 0 Å². The summed E-state index contributed by atoms with van der Waals surface area (Å²) >= 11 is 0. The fourth-order valence-electron chi connectivity index (χ4n) is 2.02. The second-order valence-electron chi connectivity index (χ2n) is 3.53. The molecule has 0 N–H and O–H groups in total. The normalized spacial score (nSPS) is 12.8. The minimum Gasteiger partial charge on any atom is -0.496 e. The van der Waals surface area contributed by atoms with Crippen LogP contribution in [0.25, 0.3) is 0 Å². The summed E-state index contributed by atoms with van der Waals surface area (Å²) in [7, 11) is 1.60. The van der Waals surface area contributed by atoms with Gasteiger partial charge < -0.3 is 18.6 Å². The van der Waals surface area contributed by atoms with E-state index in [2.05, 4.69) is 6.42 Å². The first-order chi connectivity index (χ1) is 7.24. The van der Waals surface area contributed by atoms with E-state index in [0.29, 0.717) is 6.42 Å². The van der Waals surface area contributed by atoms with Crippen molar-refractivity contribution in [2.75, 3.05) is 7.11 Å². The summed E-state index contributed by atoms with van der Waals surface area (Å²) < 4.78 is 5.21. The molecular weight excluding hydrogens is 295 g/mol. The Labute approximate surface area is 127 Å². The van der Waals surface area contributed by atoms with Gasteiger partial charge in [0, 0.05) is 44.3 Å². The van der Waals surface area contributed by atoms with Crippen molar-refractivity contribution < 1.29 is 42.4 Å². The van der Waals surface area contributed by atoms with Crippen LogP contribution in [0.2, 0.25) is 0 Å². The summed E-state index contributed by atoms with van der Waals surface area (Å²) in [6, 6.07) is 3.21. The first-order valence-corrected chi connectivity index (χ1v) is 4.89. The van der Waals surface area contributed by atoms with E-state index in [1.807, 2.05) is 0 Å². The summed E-state index contributed by atoms with van der Waals surface area (Å²) in [5.74, 6) is 0.767. The third-order valence-corrected chi connectivity index (χ3v) is 2.73. The number of methoxy groups -OCH3 is 1. The van der Waals surface area contributed by atoms with E-state index in [0.717, 1.165) is 29.7 Å². The second kappa shape index (κ2) is 7.07. The van der Waals surface area contributed by atoms with E-state index in [4.69, 9.17) is 4.74 Å². The van der Waals surface area contributed by atoms with Gasteiger partial charge in [0.05, 0.1) is 12.0 Å². The van der Waals surface area contributed by atoms with Crippen molar-refractivity contribution in [2.45, 2.75) is 19.3 Å². The first kappa shape index (κ1) is 16.5. The number of fused-ring (bicyclic) bond motifs is 1. The Morgan fingerprint density at radius 2 is 2.12 bits per heavy atom. The second-order valence-corrected chi connectivity index (χ2v) is 3.53. The van der Waals surface area contributed by atoms with E-state index in [1.54, 1.807) is 13.2 Å². The molecule has 0 unspecified atom stereocenters. The zero-order valence-corrected chi connectivity index (χ0v) is 12.9. The monoisotopic (exact) mass is 310 g/mol. The van der Waals surface area contributed by atoms with Crippen molar-refractivity contribution in [2.24, 2.45) is 0 Å². The molecule has 5 heteroatoms. The van der Waals surface area contributed by atoms with Crippen molar-refractivity contribution in [1.29, 1.82) is 0 Å². The van der Waals surface area contributed by atoms with Gasteiger partial charge in [0.15, 0.2) is 0 Å². The summed E-state index contributed by atoms with van der Waals surface area (Å²) in [4.78, 5) is 10.5. The summed E-state index contributed by atoms with van der Waals surface area (Å²) in [5, 5.41) is 10.8. The molecule has 0 aromatic heterocycles. The van der Waals surface area contributed by atoms with E-state index in [-0.39, 0.29) is 50.7 Å². The molecule has 91 valence electrons. The molecule has 0 atom stereocenters. The van der Waals surface area contributed by atoms with Gasteiger partial charge in [-0.2, -0.15) is 6.42 Å². The van der Waals surface area contributed by atoms with Gasteiger partial charge in [0.2, 0.25) is 0 Å². The molecule has 1 aromatic carbocycles. The van der Waals surface area contributed by atoms with Crippen LogP contribution in [0.4, 0.5) is 5.69 Å². The fourth-order valence-corrected chi connectivity index (χ4v) is 2.02. The van der Waals surface area contributed by atoms with Crippen molar-refractivity contribution >= 4 is 5.69 Å². The van der Waals surface area contributed by atoms with Gasteiger partial charge in [-0.1, -0.05) is 6.42 Å². The van der Waals surface area contributed by atoms with Crippen LogP contribution in [-0.2, 0) is 45.6 Å². The quantitative estimate of drug-likeness (QED) is 0.479. The van der Waals surface area contributed by atoms with Crippen LogP contribution < -0.4 is 4.74 Å². The number of rotatable bonds is 2. The van der Waals surface area contributed by atoms with Gasteiger partial charge in [-0.3, -0.25) is 10.1 Å². The van der Waals surface area contributed by atoms with Crippen LogP contribution in [-0.4, -0.2) is 12.0 Å². The van der Waals surface area contributed by atoms with Crippen LogP contribution >= 0.6 is 0 Å². The number of nitrogens with zero attached hydrogens (tertiary/aromatic N) is 1. The van der Waals surface area contributed by atoms with E-state index in [1.165, 1.54) is 6.07 Å². The van der Waals surface area contributed by atoms with Crippen LogP contribution in [0.5, 0.6) is 5.75 Å². The average Bonchev–Trinajstić information content (AvgIpc) is 2.27. The third-order valence-electron chi connectivity index (χ3n) is 2.73. The zero-order chi connectivity index (χ0) is 10.8. The zero-order valence-electron chi connectivity index (χ0n) is 10.1. The summed E-state index contributed by atoms with van der Waals surface area (Å²) in [6.07, 6.45) is 4.54. The van der Waals surface area contributed by atoms with Gasteiger partial charge in [-0.25, -0.2) is 0 Å². The topological polar surface area (TPSA) is 52.4 Å². The van der Waals surface area contributed by atoms with Gasteiger partial charge in [0.25, 0.3) is 5.69 Å². The number of hydrogen-bond acceptors (Lipinski definition) is 3. The van der Waals surface area contributed by atoms with Crippen LogP contribution in [0.1, 0.15) is 17.5 Å². The maximum Gasteiger partial charge on any atom is 0.270 e. The summed E-state index contributed by atoms with van der Waals surface area (Å²) in [6.45, 7) is 0. The third kappa shape index (κ3) is 3.26. The van der Waals surface area contributed by atoms with Crippen molar-refractivity contribution in [3.63, 3.8) is 0 Å². The molecule has 1 radical (unpaired) electrons. The Hall–Kier alpha value is -0.476.